The normalized spacial score (nSPS) is 15.7. The smallest absolute Gasteiger partial charge is 0.333 e. The van der Waals surface area contributed by atoms with Crippen molar-refractivity contribution >= 4 is 33.2 Å². The summed E-state index contributed by atoms with van der Waals surface area (Å²) >= 11 is 1.07. The largest absolute Gasteiger partial charge is 0.496 e. The Balaban J connectivity index is 1.76. The average Bonchev–Trinajstić information content (AvgIpc) is 3.58. The highest BCUT2D eigenvalue weighted by Gasteiger charge is 2.35. The summed E-state index contributed by atoms with van der Waals surface area (Å²) in [4.78, 5) is 56.4. The molecule has 3 aromatic heterocycles. The zero-order valence-corrected chi connectivity index (χ0v) is 20.4. The maximum absolute atomic E-state index is 14.0. The molecule has 1 aliphatic rings. The van der Waals surface area contributed by atoms with Gasteiger partial charge in [0.15, 0.2) is 5.78 Å². The molecule has 0 radical (unpaired) electrons. The molecule has 1 saturated heterocycles. The maximum Gasteiger partial charge on any atom is 0.333 e. The number of hydrogen-bond acceptors (Lipinski definition) is 8. The van der Waals surface area contributed by atoms with Crippen LogP contribution in [-0.4, -0.2) is 61.4 Å². The Morgan fingerprint density at radius 1 is 1.22 bits per heavy atom. The summed E-state index contributed by atoms with van der Waals surface area (Å²) in [5.41, 5.74) is -0.962. The molecular weight excluding hydrogens is 491 g/mol. The SMILES string of the molecule is COc1ccc(F)cc1C(=O)Cn1c(=O)n(C2CCN(C)C2=O)c(=O)c2c(C)c(-n3nccn3)sc21. The first kappa shape index (κ1) is 23.6. The number of ether oxygens (including phenoxy) is 1. The van der Waals surface area contributed by atoms with Crippen LogP contribution in [0.5, 0.6) is 5.75 Å². The van der Waals surface area contributed by atoms with Crippen LogP contribution in [0.3, 0.4) is 0 Å². The fraction of sp³-hybridized carbons (Fsp3) is 0.304. The second-order valence-corrected chi connectivity index (χ2v) is 9.38. The van der Waals surface area contributed by atoms with Gasteiger partial charge in [-0.2, -0.15) is 10.2 Å². The van der Waals surface area contributed by atoms with Gasteiger partial charge in [0.2, 0.25) is 5.91 Å². The van der Waals surface area contributed by atoms with E-state index in [0.717, 1.165) is 32.6 Å². The minimum atomic E-state index is -0.991. The van der Waals surface area contributed by atoms with Crippen molar-refractivity contribution in [3.05, 3.63) is 68.4 Å². The van der Waals surface area contributed by atoms with Gasteiger partial charge in [-0.3, -0.25) is 19.0 Å². The Hall–Kier alpha value is -4.13. The average molecular weight is 513 g/mol. The van der Waals surface area contributed by atoms with E-state index in [4.69, 9.17) is 4.74 Å². The number of hydrogen-bond donors (Lipinski definition) is 0. The van der Waals surface area contributed by atoms with E-state index in [-0.39, 0.29) is 33.9 Å². The van der Waals surface area contributed by atoms with Crippen molar-refractivity contribution in [3.63, 3.8) is 0 Å². The monoisotopic (exact) mass is 512 g/mol. The highest BCUT2D eigenvalue weighted by Crippen LogP contribution is 2.31. The summed E-state index contributed by atoms with van der Waals surface area (Å²) in [5, 5.41) is 8.92. The maximum atomic E-state index is 14.0. The van der Waals surface area contributed by atoms with Gasteiger partial charge in [-0.25, -0.2) is 13.8 Å². The number of amides is 1. The molecule has 5 rings (SSSR count). The first-order chi connectivity index (χ1) is 17.2. The van der Waals surface area contributed by atoms with Gasteiger partial charge in [-0.1, -0.05) is 11.3 Å². The molecule has 1 fully saturated rings. The van der Waals surface area contributed by atoms with Crippen molar-refractivity contribution in [1.82, 2.24) is 29.0 Å². The van der Waals surface area contributed by atoms with Crippen LogP contribution >= 0.6 is 11.3 Å². The van der Waals surface area contributed by atoms with Crippen molar-refractivity contribution in [2.75, 3.05) is 20.7 Å². The van der Waals surface area contributed by atoms with Crippen molar-refractivity contribution in [2.45, 2.75) is 25.9 Å². The van der Waals surface area contributed by atoms with E-state index >= 15 is 0 Å². The lowest BCUT2D eigenvalue weighted by molar-refractivity contribution is -0.129. The third kappa shape index (κ3) is 3.63. The molecule has 1 unspecified atom stereocenters. The molecule has 4 aromatic rings. The van der Waals surface area contributed by atoms with Gasteiger partial charge in [-0.15, -0.1) is 4.80 Å². The lowest BCUT2D eigenvalue weighted by Crippen LogP contribution is -2.44. The summed E-state index contributed by atoms with van der Waals surface area (Å²) in [6, 6.07) is 2.53. The highest BCUT2D eigenvalue weighted by atomic mass is 32.1. The van der Waals surface area contributed by atoms with Crippen LogP contribution in [0, 0.1) is 12.7 Å². The van der Waals surface area contributed by atoms with E-state index in [0.29, 0.717) is 17.1 Å². The van der Waals surface area contributed by atoms with E-state index in [1.807, 2.05) is 0 Å². The highest BCUT2D eigenvalue weighted by molar-refractivity contribution is 7.21. The Labute approximate surface area is 206 Å². The van der Waals surface area contributed by atoms with Gasteiger partial charge in [-0.05, 0) is 31.5 Å². The number of carbonyl (C=O) groups is 2. The number of fused-ring (bicyclic) bond motifs is 1. The Kier molecular flexibility index (Phi) is 5.79. The van der Waals surface area contributed by atoms with Crippen LogP contribution in [-0.2, 0) is 11.3 Å². The predicted octanol–water partition coefficient (Wildman–Crippen LogP) is 1.55. The molecule has 1 amide bonds. The molecule has 1 aliphatic heterocycles. The van der Waals surface area contributed by atoms with Crippen molar-refractivity contribution < 1.29 is 18.7 Å². The van der Waals surface area contributed by atoms with Gasteiger partial charge < -0.3 is 9.64 Å². The number of aromatic nitrogens is 5. The molecule has 1 atom stereocenters. The number of benzene rings is 1. The molecule has 186 valence electrons. The first-order valence-electron chi connectivity index (χ1n) is 11.0. The number of ketones is 1. The second-order valence-electron chi connectivity index (χ2n) is 8.41. The molecule has 0 saturated carbocycles. The van der Waals surface area contributed by atoms with Crippen molar-refractivity contribution in [3.8, 4) is 10.8 Å². The number of halogens is 1. The van der Waals surface area contributed by atoms with Crippen LogP contribution < -0.4 is 16.0 Å². The fourth-order valence-corrected chi connectivity index (χ4v) is 5.66. The van der Waals surface area contributed by atoms with Crippen LogP contribution in [0.15, 0.2) is 40.2 Å². The van der Waals surface area contributed by atoms with E-state index in [1.54, 1.807) is 14.0 Å². The molecule has 1 aromatic carbocycles. The molecule has 13 heteroatoms. The minimum Gasteiger partial charge on any atom is -0.496 e. The van der Waals surface area contributed by atoms with E-state index < -0.39 is 35.4 Å². The lowest BCUT2D eigenvalue weighted by atomic mass is 10.1. The minimum absolute atomic E-state index is 0.0470. The van der Waals surface area contributed by atoms with Crippen LogP contribution in [0.25, 0.3) is 15.2 Å². The number of Topliss-reactive ketones (excluding diaryl/α,β-unsaturated/α-hetero) is 1. The van der Waals surface area contributed by atoms with Crippen LogP contribution in [0.4, 0.5) is 4.39 Å². The van der Waals surface area contributed by atoms with Gasteiger partial charge in [0, 0.05) is 19.2 Å². The van der Waals surface area contributed by atoms with Crippen LogP contribution in [0.2, 0.25) is 0 Å². The van der Waals surface area contributed by atoms with Crippen molar-refractivity contribution in [2.24, 2.45) is 0 Å². The standard InChI is InChI=1S/C23H21FN6O5S/c1-12-18-20(33)29(15-6-9-27(2)19(15)32)23(34)28(22(18)36-21(12)30-25-7-8-26-30)11-16(31)14-10-13(24)4-5-17(14)35-3/h4-5,7-8,10,15H,6,9,11H2,1-3H3. The Bertz CT molecular complexity index is 1640. The number of nitrogens with zero attached hydrogens (tertiary/aromatic N) is 6. The Morgan fingerprint density at radius 2 is 1.94 bits per heavy atom. The summed E-state index contributed by atoms with van der Waals surface area (Å²) in [5.74, 6) is -1.45. The number of likely N-dealkylation sites (N-methyl/N-ethyl adjacent to an activating group) is 1. The zero-order valence-electron chi connectivity index (χ0n) is 19.6. The van der Waals surface area contributed by atoms with Gasteiger partial charge in [0.25, 0.3) is 5.56 Å². The molecule has 36 heavy (non-hydrogen) atoms. The third-order valence-electron chi connectivity index (χ3n) is 6.29. The predicted molar refractivity (Wildman–Crippen MR) is 129 cm³/mol. The number of likely N-dealkylation sites (tertiary alicyclic amines) is 1. The second kappa shape index (κ2) is 8.82. The summed E-state index contributed by atoms with van der Waals surface area (Å²) in [7, 11) is 2.95. The van der Waals surface area contributed by atoms with Crippen LogP contribution in [0.1, 0.15) is 28.4 Å². The molecule has 0 N–H and O–H groups in total. The molecule has 0 aliphatic carbocycles. The number of rotatable bonds is 6. The summed E-state index contributed by atoms with van der Waals surface area (Å²) < 4.78 is 21.2. The van der Waals surface area contributed by atoms with Gasteiger partial charge in [0.1, 0.15) is 27.4 Å². The number of thiophene rings is 1. The molecule has 4 heterocycles. The molecular formula is C23H21FN6O5S. The van der Waals surface area contributed by atoms with Crippen molar-refractivity contribution in [1.29, 1.82) is 0 Å². The zero-order chi connectivity index (χ0) is 25.7. The first-order valence-corrected chi connectivity index (χ1v) is 11.8. The summed E-state index contributed by atoms with van der Waals surface area (Å²) in [6.45, 7) is 1.58. The third-order valence-corrected chi connectivity index (χ3v) is 7.57. The fourth-order valence-electron chi connectivity index (χ4n) is 4.45. The summed E-state index contributed by atoms with van der Waals surface area (Å²) in [6.07, 6.45) is 3.22. The number of carbonyl (C=O) groups excluding carboxylic acids is 2. The van der Waals surface area contributed by atoms with E-state index in [9.17, 15) is 23.6 Å². The topological polar surface area (TPSA) is 121 Å². The quantitative estimate of drug-likeness (QED) is 0.359. The molecule has 11 nitrogen and oxygen atoms in total. The van der Waals surface area contributed by atoms with Gasteiger partial charge in [0.05, 0.1) is 37.0 Å². The number of aryl methyl sites for hydroxylation is 1. The van der Waals surface area contributed by atoms with E-state index in [2.05, 4.69) is 10.2 Å². The number of methoxy groups -OCH3 is 1. The molecule has 0 bridgehead atoms. The van der Waals surface area contributed by atoms with Gasteiger partial charge >= 0.3 is 5.69 Å². The lowest BCUT2D eigenvalue weighted by Gasteiger charge is -2.16. The Morgan fingerprint density at radius 3 is 2.58 bits per heavy atom. The molecule has 0 spiro atoms. The van der Waals surface area contributed by atoms with E-state index in [1.165, 1.54) is 35.3 Å².